The van der Waals surface area contributed by atoms with Crippen LogP contribution in [0.2, 0.25) is 5.15 Å². The van der Waals surface area contributed by atoms with Crippen molar-refractivity contribution < 1.29 is 9.84 Å². The first-order chi connectivity index (χ1) is 7.69. The van der Waals surface area contributed by atoms with Gasteiger partial charge in [-0.15, -0.1) is 0 Å². The summed E-state index contributed by atoms with van der Waals surface area (Å²) in [5, 5.41) is 14.3. The minimum absolute atomic E-state index is 0.0884. The van der Waals surface area contributed by atoms with Gasteiger partial charge in [0.25, 0.3) is 0 Å². The Morgan fingerprint density at radius 2 is 2.31 bits per heavy atom. The third-order valence-corrected chi connectivity index (χ3v) is 3.56. The zero-order valence-electron chi connectivity index (χ0n) is 9.61. The highest BCUT2D eigenvalue weighted by atomic mass is 35.5. The number of aromatic nitrogens is 2. The SMILES string of the molecule is COCc1nn(C(C)C2CC2)c(Cl)c1CO. The Hall–Kier alpha value is -0.580. The largest absolute Gasteiger partial charge is 0.391 e. The molecule has 0 aromatic carbocycles. The topological polar surface area (TPSA) is 47.3 Å². The number of hydrogen-bond acceptors (Lipinski definition) is 3. The second-order valence-electron chi connectivity index (χ2n) is 4.33. The Bertz CT molecular complexity index is 374. The molecule has 1 aliphatic rings. The maximum absolute atomic E-state index is 9.28. The van der Waals surface area contributed by atoms with Crippen molar-refractivity contribution in [1.82, 2.24) is 9.78 Å². The smallest absolute Gasteiger partial charge is 0.133 e. The van der Waals surface area contributed by atoms with Gasteiger partial charge in [-0.1, -0.05) is 11.6 Å². The molecule has 1 heterocycles. The summed E-state index contributed by atoms with van der Waals surface area (Å²) in [6.07, 6.45) is 2.48. The van der Waals surface area contributed by atoms with E-state index in [2.05, 4.69) is 12.0 Å². The summed E-state index contributed by atoms with van der Waals surface area (Å²) in [6, 6.07) is 0.309. The molecule has 0 aliphatic heterocycles. The lowest BCUT2D eigenvalue weighted by Crippen LogP contribution is -2.09. The third-order valence-electron chi connectivity index (χ3n) is 3.16. The second-order valence-corrected chi connectivity index (χ2v) is 4.69. The molecule has 1 aliphatic carbocycles. The fraction of sp³-hybridized carbons (Fsp3) is 0.727. The Balaban J connectivity index is 2.30. The molecular weight excluding hydrogens is 228 g/mol. The summed E-state index contributed by atoms with van der Waals surface area (Å²) in [4.78, 5) is 0. The van der Waals surface area contributed by atoms with Crippen molar-refractivity contribution in [3.05, 3.63) is 16.4 Å². The molecule has 1 saturated carbocycles. The van der Waals surface area contributed by atoms with E-state index in [1.807, 2.05) is 4.68 Å². The number of aliphatic hydroxyl groups is 1. The molecule has 1 fully saturated rings. The molecule has 1 N–H and O–H groups in total. The second kappa shape index (κ2) is 4.73. The Kier molecular flexibility index (Phi) is 3.52. The van der Waals surface area contributed by atoms with Gasteiger partial charge in [0.2, 0.25) is 0 Å². The summed E-state index contributed by atoms with van der Waals surface area (Å²) in [7, 11) is 1.61. The lowest BCUT2D eigenvalue weighted by atomic mass is 10.2. The quantitative estimate of drug-likeness (QED) is 0.863. The van der Waals surface area contributed by atoms with E-state index < -0.39 is 0 Å². The van der Waals surface area contributed by atoms with Crippen LogP contribution in [0.1, 0.15) is 37.1 Å². The van der Waals surface area contributed by atoms with Crippen molar-refractivity contribution in [3.8, 4) is 0 Å². The molecular formula is C11H17ClN2O2. The van der Waals surface area contributed by atoms with Gasteiger partial charge in [-0.05, 0) is 25.7 Å². The third kappa shape index (κ3) is 2.10. The van der Waals surface area contributed by atoms with Gasteiger partial charge in [0, 0.05) is 12.7 Å². The molecule has 2 rings (SSSR count). The molecule has 0 spiro atoms. The van der Waals surface area contributed by atoms with E-state index in [4.69, 9.17) is 16.3 Å². The predicted molar refractivity (Wildman–Crippen MR) is 61.3 cm³/mol. The van der Waals surface area contributed by atoms with Crippen LogP contribution in [0.25, 0.3) is 0 Å². The van der Waals surface area contributed by atoms with Crippen LogP contribution in [0, 0.1) is 5.92 Å². The van der Waals surface area contributed by atoms with E-state index in [1.165, 1.54) is 12.8 Å². The number of halogens is 1. The van der Waals surface area contributed by atoms with Crippen LogP contribution in [-0.2, 0) is 18.0 Å². The number of rotatable bonds is 5. The van der Waals surface area contributed by atoms with E-state index in [-0.39, 0.29) is 6.61 Å². The molecule has 4 nitrogen and oxygen atoms in total. The average Bonchev–Trinajstić information content (AvgIpc) is 3.05. The van der Waals surface area contributed by atoms with Gasteiger partial charge in [-0.3, -0.25) is 4.68 Å². The molecule has 1 aromatic rings. The fourth-order valence-corrected chi connectivity index (χ4v) is 2.31. The van der Waals surface area contributed by atoms with E-state index in [9.17, 15) is 5.11 Å². The Morgan fingerprint density at radius 3 is 2.81 bits per heavy atom. The summed E-state index contributed by atoms with van der Waals surface area (Å²) < 4.78 is 6.87. The molecule has 0 saturated heterocycles. The lowest BCUT2D eigenvalue weighted by Gasteiger charge is -2.11. The summed E-state index contributed by atoms with van der Waals surface area (Å²) in [5.74, 6) is 0.680. The Morgan fingerprint density at radius 1 is 1.62 bits per heavy atom. The molecule has 0 bridgehead atoms. The minimum atomic E-state index is -0.0884. The summed E-state index contributed by atoms with van der Waals surface area (Å²) in [5.41, 5.74) is 1.43. The molecule has 90 valence electrons. The highest BCUT2D eigenvalue weighted by Gasteiger charge is 2.32. The highest BCUT2D eigenvalue weighted by Crippen LogP contribution is 2.41. The normalized spacial score (nSPS) is 17.8. The van der Waals surface area contributed by atoms with Crippen molar-refractivity contribution in [2.45, 2.75) is 39.0 Å². The first kappa shape index (κ1) is 11.9. The maximum atomic E-state index is 9.28. The van der Waals surface area contributed by atoms with E-state index in [1.54, 1.807) is 7.11 Å². The van der Waals surface area contributed by atoms with Crippen molar-refractivity contribution in [1.29, 1.82) is 0 Å². The standard InChI is InChI=1S/C11H17ClN2O2/c1-7(8-3-4-8)14-11(12)9(5-15)10(13-14)6-16-2/h7-8,15H,3-6H2,1-2H3. The van der Waals surface area contributed by atoms with E-state index in [0.717, 1.165) is 5.69 Å². The van der Waals surface area contributed by atoms with Crippen LogP contribution in [0.15, 0.2) is 0 Å². The first-order valence-electron chi connectivity index (χ1n) is 5.54. The number of aliphatic hydroxyl groups excluding tert-OH is 1. The fourth-order valence-electron chi connectivity index (χ4n) is 1.95. The molecule has 1 atom stereocenters. The van der Waals surface area contributed by atoms with Crippen molar-refractivity contribution in [2.24, 2.45) is 5.92 Å². The van der Waals surface area contributed by atoms with Gasteiger partial charge < -0.3 is 9.84 Å². The van der Waals surface area contributed by atoms with E-state index >= 15 is 0 Å². The first-order valence-corrected chi connectivity index (χ1v) is 5.92. The number of ether oxygens (including phenoxy) is 1. The molecule has 0 amide bonds. The number of methoxy groups -OCH3 is 1. The zero-order valence-corrected chi connectivity index (χ0v) is 10.4. The minimum Gasteiger partial charge on any atom is -0.391 e. The van der Waals surface area contributed by atoms with Gasteiger partial charge >= 0.3 is 0 Å². The van der Waals surface area contributed by atoms with Crippen LogP contribution >= 0.6 is 11.6 Å². The summed E-state index contributed by atoms with van der Waals surface area (Å²) in [6.45, 7) is 2.42. The van der Waals surface area contributed by atoms with Gasteiger partial charge in [0.15, 0.2) is 0 Å². The van der Waals surface area contributed by atoms with Crippen LogP contribution in [-0.4, -0.2) is 22.0 Å². The number of nitrogens with zero attached hydrogens (tertiary/aromatic N) is 2. The van der Waals surface area contributed by atoms with Crippen molar-refractivity contribution in [3.63, 3.8) is 0 Å². The number of hydrogen-bond donors (Lipinski definition) is 1. The summed E-state index contributed by atoms with van der Waals surface area (Å²) >= 11 is 6.22. The molecule has 1 aromatic heterocycles. The van der Waals surface area contributed by atoms with Crippen LogP contribution in [0.3, 0.4) is 0 Å². The Labute approximate surface area is 100 Å². The molecule has 16 heavy (non-hydrogen) atoms. The van der Waals surface area contributed by atoms with Crippen LogP contribution in [0.4, 0.5) is 0 Å². The highest BCUT2D eigenvalue weighted by molar-refractivity contribution is 6.30. The lowest BCUT2D eigenvalue weighted by molar-refractivity contribution is 0.177. The van der Waals surface area contributed by atoms with Crippen molar-refractivity contribution >= 4 is 11.6 Å². The molecule has 1 unspecified atom stereocenters. The molecule has 0 radical (unpaired) electrons. The van der Waals surface area contributed by atoms with Gasteiger partial charge in [0.1, 0.15) is 5.15 Å². The average molecular weight is 245 g/mol. The van der Waals surface area contributed by atoms with Gasteiger partial charge in [-0.25, -0.2) is 0 Å². The molecule has 5 heteroatoms. The monoisotopic (exact) mass is 244 g/mol. The van der Waals surface area contributed by atoms with Crippen molar-refractivity contribution in [2.75, 3.05) is 7.11 Å². The van der Waals surface area contributed by atoms with Crippen LogP contribution in [0.5, 0.6) is 0 Å². The predicted octanol–water partition coefficient (Wildman–Crippen LogP) is 2.15. The van der Waals surface area contributed by atoms with Gasteiger partial charge in [0.05, 0.1) is 24.9 Å². The van der Waals surface area contributed by atoms with E-state index in [0.29, 0.717) is 29.3 Å². The van der Waals surface area contributed by atoms with Gasteiger partial charge in [-0.2, -0.15) is 5.10 Å². The van der Waals surface area contributed by atoms with Crippen LogP contribution < -0.4 is 0 Å². The maximum Gasteiger partial charge on any atom is 0.133 e. The zero-order chi connectivity index (χ0) is 11.7.